The molecule has 0 unspecified atom stereocenters. The summed E-state index contributed by atoms with van der Waals surface area (Å²) in [5.74, 6) is 1.89. The van der Waals surface area contributed by atoms with Gasteiger partial charge in [0.05, 0.1) is 0 Å². The second-order valence-electron chi connectivity index (χ2n) is 13.5. The minimum absolute atomic E-state index is 0.422. The van der Waals surface area contributed by atoms with Crippen molar-refractivity contribution < 1.29 is 10.2 Å². The molecule has 6 atom stereocenters. The first-order chi connectivity index (χ1) is 21.4. The molecule has 0 amide bonds. The van der Waals surface area contributed by atoms with Crippen molar-refractivity contribution in [3.05, 3.63) is 144 Å². The standard InChI is InChI=1S/2C20H21NO/c2*22-20-13-15(11-18(14-20)16-7-3-1-4-8-16)12-19(21-20)17-9-5-2-6-10-17/h2*1-10,15,18,22H,11-14H2/t2*15-,18+,20-/m10/s1. The molecule has 2 saturated carbocycles. The van der Waals surface area contributed by atoms with E-state index in [9.17, 15) is 10.2 Å². The Morgan fingerprint density at radius 2 is 0.795 bits per heavy atom. The van der Waals surface area contributed by atoms with Crippen LogP contribution in [0.4, 0.5) is 0 Å². The first-order valence-electron chi connectivity index (χ1n) is 16.3. The van der Waals surface area contributed by atoms with Crippen molar-refractivity contribution in [2.45, 2.75) is 74.7 Å². The van der Waals surface area contributed by atoms with Crippen molar-refractivity contribution in [1.82, 2.24) is 0 Å². The van der Waals surface area contributed by atoms with Crippen LogP contribution >= 0.6 is 0 Å². The number of hydrogen-bond acceptors (Lipinski definition) is 4. The quantitative estimate of drug-likeness (QED) is 0.254. The van der Waals surface area contributed by atoms with E-state index >= 15 is 0 Å². The molecule has 0 spiro atoms. The van der Waals surface area contributed by atoms with E-state index in [1.54, 1.807) is 0 Å². The van der Waals surface area contributed by atoms with Crippen LogP contribution in [0.15, 0.2) is 131 Å². The molecule has 44 heavy (non-hydrogen) atoms. The molecule has 0 saturated heterocycles. The fourth-order valence-corrected chi connectivity index (χ4v) is 8.24. The number of aliphatic hydroxyl groups is 2. The maximum Gasteiger partial charge on any atom is 0.157 e. The van der Waals surface area contributed by atoms with E-state index in [1.807, 2.05) is 48.5 Å². The van der Waals surface area contributed by atoms with Gasteiger partial charge in [-0.3, -0.25) is 9.98 Å². The number of fused-ring (bicyclic) bond motifs is 4. The van der Waals surface area contributed by atoms with Crippen LogP contribution in [0.5, 0.6) is 0 Å². The Labute approximate surface area is 261 Å². The summed E-state index contributed by atoms with van der Waals surface area (Å²) in [5, 5.41) is 22.0. The van der Waals surface area contributed by atoms with E-state index in [1.165, 1.54) is 11.1 Å². The minimum atomic E-state index is -0.882. The lowest BCUT2D eigenvalue weighted by Gasteiger charge is -2.43. The highest BCUT2D eigenvalue weighted by Crippen LogP contribution is 2.48. The Balaban J connectivity index is 0.000000142. The molecule has 8 rings (SSSR count). The predicted octanol–water partition coefficient (Wildman–Crippen LogP) is 8.30. The predicted molar refractivity (Wildman–Crippen MR) is 178 cm³/mol. The van der Waals surface area contributed by atoms with Gasteiger partial charge in [-0.2, -0.15) is 0 Å². The molecular weight excluding hydrogens is 540 g/mol. The number of hydrogen-bond donors (Lipinski definition) is 2. The van der Waals surface area contributed by atoms with Gasteiger partial charge in [0.1, 0.15) is 0 Å². The van der Waals surface area contributed by atoms with Crippen LogP contribution in [-0.2, 0) is 0 Å². The normalized spacial score (nSPS) is 30.7. The van der Waals surface area contributed by atoms with E-state index in [0.717, 1.165) is 73.9 Å². The molecule has 4 aromatic rings. The van der Waals surface area contributed by atoms with Gasteiger partial charge in [-0.15, -0.1) is 0 Å². The lowest BCUT2D eigenvalue weighted by atomic mass is 9.70. The second kappa shape index (κ2) is 12.3. The average Bonchev–Trinajstić information content (AvgIpc) is 3.05. The number of aliphatic imine (C=N–C) groups is 2. The lowest BCUT2D eigenvalue weighted by Crippen LogP contribution is -2.42. The van der Waals surface area contributed by atoms with Crippen LogP contribution in [0.1, 0.15) is 85.5 Å². The van der Waals surface area contributed by atoms with Crippen LogP contribution in [0.3, 0.4) is 0 Å². The molecule has 4 nitrogen and oxygen atoms in total. The van der Waals surface area contributed by atoms with Crippen molar-refractivity contribution in [3.8, 4) is 0 Å². The van der Waals surface area contributed by atoms with E-state index in [4.69, 9.17) is 9.98 Å². The molecule has 2 aliphatic heterocycles. The zero-order valence-corrected chi connectivity index (χ0v) is 25.3. The Morgan fingerprint density at radius 1 is 0.455 bits per heavy atom. The van der Waals surface area contributed by atoms with Crippen molar-refractivity contribution in [1.29, 1.82) is 0 Å². The van der Waals surface area contributed by atoms with E-state index < -0.39 is 11.4 Å². The Hall–Kier alpha value is -3.86. The maximum absolute atomic E-state index is 11.0. The smallest absolute Gasteiger partial charge is 0.157 e. The molecule has 0 radical (unpaired) electrons. The largest absolute Gasteiger partial charge is 0.369 e. The fraction of sp³-hybridized carbons (Fsp3) is 0.350. The summed E-state index contributed by atoms with van der Waals surface area (Å²) in [5.41, 5.74) is 5.37. The summed E-state index contributed by atoms with van der Waals surface area (Å²) in [6.45, 7) is 0. The SMILES string of the molecule is O[C@@]12C[C@@H](CC(c3ccccc3)=N1)C[C@H](c1ccccc1)C2.O[C@]12C[C@H](CC(c3ccccc3)=N1)C[C@@H](c1ccccc1)C2. The van der Waals surface area contributed by atoms with E-state index in [0.29, 0.717) is 23.7 Å². The molecule has 4 heteroatoms. The summed E-state index contributed by atoms with van der Waals surface area (Å²) in [7, 11) is 0. The fourth-order valence-electron chi connectivity index (χ4n) is 8.24. The van der Waals surface area contributed by atoms with Crippen LogP contribution < -0.4 is 0 Å². The first kappa shape index (κ1) is 28.9. The monoisotopic (exact) mass is 582 g/mol. The number of rotatable bonds is 4. The van der Waals surface area contributed by atoms with Crippen LogP contribution in [0.2, 0.25) is 0 Å². The van der Waals surface area contributed by atoms with Gasteiger partial charge in [0.25, 0.3) is 0 Å². The molecule has 4 aromatic carbocycles. The molecule has 4 bridgehead atoms. The van der Waals surface area contributed by atoms with Gasteiger partial charge >= 0.3 is 0 Å². The van der Waals surface area contributed by atoms with Gasteiger partial charge in [-0.25, -0.2) is 0 Å². The lowest BCUT2D eigenvalue weighted by molar-refractivity contribution is -0.0221. The molecule has 2 N–H and O–H groups in total. The molecular formula is C40H42N2O2. The summed E-state index contributed by atoms with van der Waals surface area (Å²) in [6.07, 6.45) is 7.37. The molecule has 2 heterocycles. The van der Waals surface area contributed by atoms with Crippen LogP contribution in [0.25, 0.3) is 0 Å². The van der Waals surface area contributed by atoms with E-state index in [2.05, 4.69) is 72.8 Å². The summed E-state index contributed by atoms with van der Waals surface area (Å²) >= 11 is 0. The maximum atomic E-state index is 11.0. The molecule has 0 aromatic heterocycles. The van der Waals surface area contributed by atoms with Crippen molar-refractivity contribution >= 4 is 11.4 Å². The number of benzene rings is 4. The summed E-state index contributed by atoms with van der Waals surface area (Å²) in [4.78, 5) is 9.50. The third kappa shape index (κ3) is 6.47. The molecule has 4 aliphatic rings. The highest BCUT2D eigenvalue weighted by Gasteiger charge is 2.44. The second-order valence-corrected chi connectivity index (χ2v) is 13.5. The Kier molecular flexibility index (Phi) is 8.05. The Bertz CT molecular complexity index is 1480. The highest BCUT2D eigenvalue weighted by atomic mass is 16.3. The van der Waals surface area contributed by atoms with Crippen molar-refractivity contribution in [2.24, 2.45) is 21.8 Å². The number of nitrogens with zero attached hydrogens (tertiary/aromatic N) is 2. The zero-order valence-electron chi connectivity index (χ0n) is 25.3. The Morgan fingerprint density at radius 3 is 1.14 bits per heavy atom. The summed E-state index contributed by atoms with van der Waals surface area (Å²) in [6, 6.07) is 41.7. The topological polar surface area (TPSA) is 65.2 Å². The third-order valence-corrected chi connectivity index (χ3v) is 10.0. The molecule has 2 aliphatic carbocycles. The zero-order chi connectivity index (χ0) is 30.0. The van der Waals surface area contributed by atoms with Gasteiger partial charge in [-0.05, 0) is 84.5 Å². The summed E-state index contributed by atoms with van der Waals surface area (Å²) < 4.78 is 0. The van der Waals surface area contributed by atoms with E-state index in [-0.39, 0.29) is 0 Å². The molecule has 2 fully saturated rings. The molecule has 224 valence electrons. The third-order valence-electron chi connectivity index (χ3n) is 10.0. The van der Waals surface area contributed by atoms with Crippen molar-refractivity contribution in [2.75, 3.05) is 0 Å². The minimum Gasteiger partial charge on any atom is -0.369 e. The van der Waals surface area contributed by atoms with Gasteiger partial charge in [0.2, 0.25) is 0 Å². The van der Waals surface area contributed by atoms with Gasteiger partial charge in [0.15, 0.2) is 11.4 Å². The van der Waals surface area contributed by atoms with Crippen LogP contribution in [-0.4, -0.2) is 33.1 Å². The van der Waals surface area contributed by atoms with Crippen molar-refractivity contribution in [3.63, 3.8) is 0 Å². The van der Waals surface area contributed by atoms with Gasteiger partial charge in [-0.1, -0.05) is 121 Å². The van der Waals surface area contributed by atoms with Gasteiger partial charge in [0, 0.05) is 24.3 Å². The first-order valence-corrected chi connectivity index (χ1v) is 16.3. The average molecular weight is 583 g/mol. The van der Waals surface area contributed by atoms with Crippen LogP contribution in [0, 0.1) is 11.8 Å². The highest BCUT2D eigenvalue weighted by molar-refractivity contribution is 6.02. The van der Waals surface area contributed by atoms with Gasteiger partial charge < -0.3 is 10.2 Å².